The molecule has 0 aliphatic heterocycles. The van der Waals surface area contributed by atoms with E-state index in [4.69, 9.17) is 9.72 Å². The van der Waals surface area contributed by atoms with Gasteiger partial charge in [0.15, 0.2) is 5.16 Å². The van der Waals surface area contributed by atoms with Gasteiger partial charge in [-0.3, -0.25) is 14.2 Å². The van der Waals surface area contributed by atoms with Crippen LogP contribution in [0.2, 0.25) is 0 Å². The Morgan fingerprint density at radius 1 is 1.18 bits per heavy atom. The summed E-state index contributed by atoms with van der Waals surface area (Å²) in [6.45, 7) is 7.02. The molecule has 1 aromatic heterocycles. The second-order valence-corrected chi connectivity index (χ2v) is 9.53. The first kappa shape index (κ1) is 24.9. The summed E-state index contributed by atoms with van der Waals surface area (Å²) in [5.74, 6) is -0.456. The molecular weight excluding hydrogens is 441 g/mol. The minimum absolute atomic E-state index is 0.122. The fourth-order valence-electron chi connectivity index (χ4n) is 3.48. The Morgan fingerprint density at radius 3 is 2.67 bits per heavy atom. The van der Waals surface area contributed by atoms with Crippen molar-refractivity contribution in [3.8, 4) is 0 Å². The Bertz CT molecular complexity index is 1170. The van der Waals surface area contributed by atoms with Crippen LogP contribution in [0.4, 0.5) is 4.39 Å². The molecule has 1 atom stereocenters. The molecule has 3 rings (SSSR count). The van der Waals surface area contributed by atoms with Crippen molar-refractivity contribution in [2.75, 3.05) is 13.7 Å². The number of ether oxygens (including phenoxy) is 1. The van der Waals surface area contributed by atoms with Crippen LogP contribution < -0.4 is 5.56 Å². The zero-order valence-corrected chi connectivity index (χ0v) is 20.3. The Hall–Kier alpha value is -2.71. The van der Waals surface area contributed by atoms with Crippen molar-refractivity contribution in [1.82, 2.24) is 14.5 Å². The average molecular weight is 472 g/mol. The van der Waals surface area contributed by atoms with Crippen LogP contribution in [0.5, 0.6) is 0 Å². The topological polar surface area (TPSA) is 64.4 Å². The van der Waals surface area contributed by atoms with Crippen molar-refractivity contribution < 1.29 is 13.9 Å². The molecule has 0 saturated carbocycles. The van der Waals surface area contributed by atoms with Crippen LogP contribution in [0, 0.1) is 5.82 Å². The fourth-order valence-corrected chi connectivity index (χ4v) is 4.53. The molecule has 1 amide bonds. The molecule has 176 valence electrons. The monoisotopic (exact) mass is 471 g/mol. The predicted octanol–water partition coefficient (Wildman–Crippen LogP) is 4.49. The zero-order valence-electron chi connectivity index (χ0n) is 19.5. The highest BCUT2D eigenvalue weighted by molar-refractivity contribution is 8.00. The molecule has 0 radical (unpaired) electrons. The molecule has 0 fully saturated rings. The lowest BCUT2D eigenvalue weighted by molar-refractivity contribution is -0.129. The summed E-state index contributed by atoms with van der Waals surface area (Å²) in [5.41, 5.74) is 1.20. The maximum Gasteiger partial charge on any atom is 0.262 e. The lowest BCUT2D eigenvalue weighted by Gasteiger charge is -2.22. The Kier molecular flexibility index (Phi) is 8.63. The standard InChI is InChI=1S/C25H30FN3O3S/c1-17(2)32-14-8-13-29-24(31)21-11-5-6-12-22(21)27-25(29)33-18(3)23(30)28(4)16-19-9-7-10-20(26)15-19/h5-7,9-12,15,17-18H,8,13-14,16H2,1-4H3. The van der Waals surface area contributed by atoms with E-state index in [-0.39, 0.29) is 23.4 Å². The minimum Gasteiger partial charge on any atom is -0.379 e. The summed E-state index contributed by atoms with van der Waals surface area (Å²) in [5, 5.41) is 0.576. The number of benzene rings is 2. The van der Waals surface area contributed by atoms with Crippen molar-refractivity contribution in [2.24, 2.45) is 0 Å². The van der Waals surface area contributed by atoms with E-state index in [0.29, 0.717) is 47.7 Å². The van der Waals surface area contributed by atoms with Crippen molar-refractivity contribution in [3.63, 3.8) is 0 Å². The lowest BCUT2D eigenvalue weighted by atomic mass is 10.2. The zero-order chi connectivity index (χ0) is 24.0. The molecule has 0 N–H and O–H groups in total. The van der Waals surface area contributed by atoms with E-state index < -0.39 is 5.25 Å². The number of halogens is 1. The van der Waals surface area contributed by atoms with Crippen LogP contribution >= 0.6 is 11.8 Å². The molecule has 1 unspecified atom stereocenters. The minimum atomic E-state index is -0.477. The molecule has 1 heterocycles. The molecule has 6 nitrogen and oxygen atoms in total. The van der Waals surface area contributed by atoms with Gasteiger partial charge in [-0.05, 0) is 57.0 Å². The highest BCUT2D eigenvalue weighted by Crippen LogP contribution is 2.24. The van der Waals surface area contributed by atoms with Gasteiger partial charge in [0.2, 0.25) is 5.91 Å². The van der Waals surface area contributed by atoms with Crippen molar-refractivity contribution in [1.29, 1.82) is 0 Å². The third-order valence-electron chi connectivity index (χ3n) is 5.12. The number of aromatic nitrogens is 2. The smallest absolute Gasteiger partial charge is 0.262 e. The summed E-state index contributed by atoms with van der Waals surface area (Å²) >= 11 is 1.26. The first-order chi connectivity index (χ1) is 15.8. The number of nitrogens with zero attached hydrogens (tertiary/aromatic N) is 3. The molecule has 0 bridgehead atoms. The van der Waals surface area contributed by atoms with Crippen LogP contribution in [0.1, 0.15) is 32.8 Å². The summed E-state index contributed by atoms with van der Waals surface area (Å²) in [4.78, 5) is 32.4. The van der Waals surface area contributed by atoms with Gasteiger partial charge in [0.1, 0.15) is 5.82 Å². The van der Waals surface area contributed by atoms with E-state index in [1.165, 1.54) is 23.9 Å². The number of thioether (sulfide) groups is 1. The number of para-hydroxylation sites is 1. The van der Waals surface area contributed by atoms with E-state index in [1.54, 1.807) is 47.7 Å². The average Bonchev–Trinajstić information content (AvgIpc) is 2.77. The SMILES string of the molecule is CC(C)OCCCn1c(SC(C)C(=O)N(C)Cc2cccc(F)c2)nc2ccccc2c1=O. The first-order valence-corrected chi connectivity index (χ1v) is 11.9. The summed E-state index contributed by atoms with van der Waals surface area (Å²) in [6, 6.07) is 13.4. The number of fused-ring (bicyclic) bond motifs is 1. The van der Waals surface area contributed by atoms with Crippen LogP contribution in [0.3, 0.4) is 0 Å². The number of carbonyl (C=O) groups is 1. The largest absolute Gasteiger partial charge is 0.379 e. The van der Waals surface area contributed by atoms with Crippen molar-refractivity contribution >= 4 is 28.6 Å². The van der Waals surface area contributed by atoms with Gasteiger partial charge in [-0.1, -0.05) is 36.0 Å². The maximum atomic E-state index is 13.5. The van der Waals surface area contributed by atoms with E-state index in [2.05, 4.69) is 0 Å². The van der Waals surface area contributed by atoms with Gasteiger partial charge in [-0.15, -0.1) is 0 Å². The molecule has 8 heteroatoms. The fraction of sp³-hybridized carbons (Fsp3) is 0.400. The number of amides is 1. The Morgan fingerprint density at radius 2 is 1.94 bits per heavy atom. The van der Waals surface area contributed by atoms with Gasteiger partial charge >= 0.3 is 0 Å². The molecule has 0 aliphatic carbocycles. The normalized spacial score (nSPS) is 12.3. The van der Waals surface area contributed by atoms with Gasteiger partial charge in [0.25, 0.3) is 5.56 Å². The number of hydrogen-bond acceptors (Lipinski definition) is 5. The summed E-state index contributed by atoms with van der Waals surface area (Å²) < 4.78 is 20.7. The van der Waals surface area contributed by atoms with Crippen molar-refractivity contribution in [2.45, 2.75) is 56.8 Å². The Labute approximate surface area is 197 Å². The van der Waals surface area contributed by atoms with E-state index in [0.717, 1.165) is 0 Å². The predicted molar refractivity (Wildman–Crippen MR) is 130 cm³/mol. The van der Waals surface area contributed by atoms with Crippen LogP contribution in [-0.2, 0) is 22.6 Å². The van der Waals surface area contributed by atoms with Crippen LogP contribution in [0.15, 0.2) is 58.5 Å². The quantitative estimate of drug-likeness (QED) is 0.248. The third kappa shape index (κ3) is 6.65. The number of rotatable bonds is 10. The molecular formula is C25H30FN3O3S. The van der Waals surface area contributed by atoms with Gasteiger partial charge in [-0.25, -0.2) is 9.37 Å². The first-order valence-electron chi connectivity index (χ1n) is 11.0. The van der Waals surface area contributed by atoms with Crippen LogP contribution in [0.25, 0.3) is 10.9 Å². The van der Waals surface area contributed by atoms with Gasteiger partial charge in [0, 0.05) is 26.7 Å². The van der Waals surface area contributed by atoms with Crippen LogP contribution in [-0.4, -0.2) is 45.4 Å². The highest BCUT2D eigenvalue weighted by Gasteiger charge is 2.22. The molecule has 0 spiro atoms. The second-order valence-electron chi connectivity index (χ2n) is 8.23. The third-order valence-corrected chi connectivity index (χ3v) is 6.20. The summed E-state index contributed by atoms with van der Waals surface area (Å²) in [7, 11) is 1.69. The molecule has 3 aromatic rings. The van der Waals surface area contributed by atoms with E-state index in [1.807, 2.05) is 26.0 Å². The maximum absolute atomic E-state index is 13.5. The molecule has 33 heavy (non-hydrogen) atoms. The van der Waals surface area contributed by atoms with E-state index >= 15 is 0 Å². The second kappa shape index (κ2) is 11.4. The number of hydrogen-bond donors (Lipinski definition) is 0. The van der Waals surface area contributed by atoms with E-state index in [9.17, 15) is 14.0 Å². The molecule has 2 aromatic carbocycles. The molecule has 0 aliphatic rings. The Balaban J connectivity index is 1.79. The lowest BCUT2D eigenvalue weighted by Crippen LogP contribution is -2.33. The van der Waals surface area contributed by atoms with Gasteiger partial charge < -0.3 is 9.64 Å². The number of carbonyl (C=O) groups excluding carboxylic acids is 1. The van der Waals surface area contributed by atoms with Crippen molar-refractivity contribution in [3.05, 3.63) is 70.3 Å². The summed E-state index contributed by atoms with van der Waals surface area (Å²) in [6.07, 6.45) is 0.782. The highest BCUT2D eigenvalue weighted by atomic mass is 32.2. The van der Waals surface area contributed by atoms with Gasteiger partial charge in [0.05, 0.1) is 22.3 Å². The van der Waals surface area contributed by atoms with Gasteiger partial charge in [-0.2, -0.15) is 0 Å². The molecule has 0 saturated heterocycles.